The number of aromatic nitrogens is 8. The van der Waals surface area contributed by atoms with Crippen molar-refractivity contribution in [3.05, 3.63) is 167 Å². The summed E-state index contributed by atoms with van der Waals surface area (Å²) in [4.78, 5) is 138. The molecule has 8 aromatic rings. The second-order valence-corrected chi connectivity index (χ2v) is 56.7. The Hall–Kier alpha value is -11.4. The monoisotopic (exact) mass is 2060 g/mol. The number of methoxy groups -OCH3 is 4. The van der Waals surface area contributed by atoms with E-state index in [-0.39, 0.29) is 104 Å². The molecule has 4 fully saturated rings. The van der Waals surface area contributed by atoms with Gasteiger partial charge in [-0.05, 0) is 146 Å². The largest absolute Gasteiger partial charge is 0.469 e. The molecular weight excluding hydrogens is 1920 g/mol. The Balaban J connectivity index is 0.000000278. The van der Waals surface area contributed by atoms with Gasteiger partial charge in [0.1, 0.15) is 54.9 Å². The molecule has 0 saturated carbocycles. The predicted octanol–water partition coefficient (Wildman–Crippen LogP) is 15.1. The molecule has 12 rings (SSSR count). The Bertz CT molecular complexity index is 6030. The highest BCUT2D eigenvalue weighted by molar-refractivity contribution is 8.11. The molecule has 4 aromatic heterocycles. The van der Waals surface area contributed by atoms with E-state index in [0.29, 0.717) is 63.7 Å². The molecule has 8 heterocycles. The number of carbonyl (C=O) groups is 8. The van der Waals surface area contributed by atoms with Crippen LogP contribution in [0.1, 0.15) is 183 Å². The lowest BCUT2D eigenvalue weighted by molar-refractivity contribution is -0.150. The lowest BCUT2D eigenvalue weighted by Crippen LogP contribution is -2.56. The Morgan fingerprint density at radius 2 is 0.853 bits per heavy atom. The van der Waals surface area contributed by atoms with E-state index in [9.17, 15) is 55.2 Å². The number of carbonyl (C=O) groups excluding carboxylic acids is 8. The van der Waals surface area contributed by atoms with Crippen molar-refractivity contribution < 1.29 is 83.6 Å². The van der Waals surface area contributed by atoms with Gasteiger partial charge in [0.15, 0.2) is 0 Å². The third-order valence-corrected chi connectivity index (χ3v) is 33.0. The molecule has 0 aliphatic carbocycles. The Morgan fingerprint density at radius 1 is 0.462 bits per heavy atom. The van der Waals surface area contributed by atoms with Gasteiger partial charge in [-0.25, -0.2) is 29.5 Å². The number of likely N-dealkylation sites (tertiary alicyclic amines) is 3. The average Bonchev–Trinajstić information content (AvgIpc) is 1.61. The van der Waals surface area contributed by atoms with Crippen molar-refractivity contribution in [2.75, 3.05) is 109 Å². The van der Waals surface area contributed by atoms with Crippen molar-refractivity contribution in [1.82, 2.24) is 82.2 Å². The number of hydrogen-bond acceptors (Lipinski definition) is 22. The summed E-state index contributed by atoms with van der Waals surface area (Å²) >= 11 is 0. The molecule has 4 aliphatic heterocycles. The summed E-state index contributed by atoms with van der Waals surface area (Å²) < 4.78 is 86.1. The molecule has 4 saturated heterocycles. The molecule has 35 nitrogen and oxygen atoms in total. The van der Waals surface area contributed by atoms with Gasteiger partial charge < -0.3 is 77.8 Å². The number of piperidine rings is 1. The molecule has 143 heavy (non-hydrogen) atoms. The van der Waals surface area contributed by atoms with E-state index in [0.717, 1.165) is 139 Å². The van der Waals surface area contributed by atoms with Crippen molar-refractivity contribution >= 4 is 94.0 Å². The van der Waals surface area contributed by atoms with Crippen LogP contribution in [0.3, 0.4) is 0 Å². The Morgan fingerprint density at radius 3 is 1.27 bits per heavy atom. The van der Waals surface area contributed by atoms with E-state index in [1.807, 2.05) is 175 Å². The number of alkyl carbamates (subject to hydrolysis) is 2. The highest BCUT2D eigenvalue weighted by Crippen LogP contribution is 2.40. The Kier molecular flexibility index (Phi) is 40.8. The molecular formula is C103H144ClN17O18S2Si2. The average molecular weight is 2060 g/mol. The number of hydrogen-bond donors (Lipinski definition) is 4. The van der Waals surface area contributed by atoms with Crippen LogP contribution in [0.5, 0.6) is 0 Å². The summed E-state index contributed by atoms with van der Waals surface area (Å²) in [6.45, 7) is 33.2. The van der Waals surface area contributed by atoms with Crippen molar-refractivity contribution in [2.24, 2.45) is 35.5 Å². The van der Waals surface area contributed by atoms with Crippen molar-refractivity contribution in [3.8, 4) is 68.7 Å². The zero-order chi connectivity index (χ0) is 105. The van der Waals surface area contributed by atoms with E-state index >= 15 is 0 Å². The number of rotatable bonds is 35. The number of imidazole rings is 4. The fourth-order valence-electron chi connectivity index (χ4n) is 17.2. The van der Waals surface area contributed by atoms with Crippen LogP contribution in [-0.4, -0.2) is 273 Å². The molecule has 6 amide bonds. The standard InChI is InChI=1S/C56H81N7O8Si2.C45H57N9O8S.C2H6ClNO2S/c1-39(2)45(34-50(64)68-5)54(65)61-28-14-13-16-48(61)53-58-46(36-60(53)37-70-30-32-72(7,8)9)43-24-20-41(21-25-43)18-19-42-22-26-44(27-23-42)49-35-57-52(63(49)38-71-31-33-73(10,11)12)47-17-15-29-62(47)55(66)51(40(3)4)59-56(67)69-6;1-28(2)34(24-39(55)61-7)43(56)54-23-22-52(63(59,60)51(5)6)27-38(54)42-47-26-36(49-42)33-19-15-31(16-20-33)12-11-30-13-17-32(18-14-30)35-25-46-41(48-35)37-10-9-21-53(37)44(57)40(29(3)4)50-45(58)62-8;1-4(2)7(3,5)6/h20-27,35-36,39-40,45,47-48,51H,13-17,28-34,37-38H2,1-12H3,(H,59,67);13-20,25-26,28-29,34,37-38,40H,9-10,21-24,27H2,1-8H3,(H,46,48)(H,47,49)(H,50,58);1-2H3/t45-,47-,48-,51-;34-,37-,38-,40-;/m00./s1. The minimum atomic E-state index is -3.78. The Labute approximate surface area is 849 Å². The number of ether oxygens (including phenoxy) is 6. The molecule has 0 bridgehead atoms. The fraction of sp³-hybridized carbons (Fsp3) is 0.534. The van der Waals surface area contributed by atoms with E-state index in [4.69, 9.17) is 49.1 Å². The van der Waals surface area contributed by atoms with Crippen LogP contribution in [0.4, 0.5) is 9.59 Å². The van der Waals surface area contributed by atoms with E-state index in [2.05, 4.69) is 103 Å². The van der Waals surface area contributed by atoms with E-state index in [1.165, 1.54) is 60.9 Å². The first-order valence-corrected chi connectivity index (χ1v) is 59.9. The maximum absolute atomic E-state index is 14.2. The van der Waals surface area contributed by atoms with Crippen molar-refractivity contribution in [1.29, 1.82) is 0 Å². The number of amides is 6. The van der Waals surface area contributed by atoms with E-state index < -0.39 is 83.7 Å². The van der Waals surface area contributed by atoms with Crippen LogP contribution >= 0.6 is 10.7 Å². The highest BCUT2D eigenvalue weighted by Gasteiger charge is 2.45. The summed E-state index contributed by atoms with van der Waals surface area (Å²) in [7, 11) is 5.79. The third kappa shape index (κ3) is 31.1. The quantitative estimate of drug-likeness (QED) is 0.00715. The molecule has 40 heteroatoms. The summed E-state index contributed by atoms with van der Waals surface area (Å²) in [5.41, 5.74) is 10.1. The van der Waals surface area contributed by atoms with Gasteiger partial charge >= 0.3 is 24.1 Å². The third-order valence-electron chi connectivity index (χ3n) is 26.0. The van der Waals surface area contributed by atoms with Gasteiger partial charge in [-0.2, -0.15) is 29.8 Å². The normalized spacial score (nSPS) is 17.2. The smallest absolute Gasteiger partial charge is 0.407 e. The van der Waals surface area contributed by atoms with Crippen molar-refractivity contribution in [2.45, 2.75) is 214 Å². The fourth-order valence-corrected chi connectivity index (χ4v) is 19.9. The first kappa shape index (κ1) is 114. The number of benzene rings is 4. The molecule has 8 atom stereocenters. The van der Waals surface area contributed by atoms with Crippen molar-refractivity contribution in [3.63, 3.8) is 0 Å². The number of halogens is 1. The minimum Gasteiger partial charge on any atom is -0.469 e. The number of piperazine rings is 1. The second-order valence-electron chi connectivity index (χ2n) is 40.6. The van der Waals surface area contributed by atoms with Gasteiger partial charge in [0.05, 0.1) is 113 Å². The predicted molar refractivity (Wildman–Crippen MR) is 555 cm³/mol. The van der Waals surface area contributed by atoms with Gasteiger partial charge in [-0.15, -0.1) is 0 Å². The lowest BCUT2D eigenvalue weighted by Gasteiger charge is -2.42. The highest BCUT2D eigenvalue weighted by atomic mass is 35.7. The first-order chi connectivity index (χ1) is 67.6. The topological polar surface area (TPSA) is 400 Å². The van der Waals surface area contributed by atoms with Gasteiger partial charge in [0.2, 0.25) is 23.6 Å². The zero-order valence-corrected chi connectivity index (χ0v) is 91.1. The summed E-state index contributed by atoms with van der Waals surface area (Å²) in [5.74, 6) is 12.7. The van der Waals surface area contributed by atoms with Gasteiger partial charge in [-0.3, -0.25) is 28.8 Å². The van der Waals surface area contributed by atoms with Crippen LogP contribution in [0.25, 0.3) is 45.0 Å². The molecule has 4 aromatic carbocycles. The minimum absolute atomic E-state index is 0.0140. The number of aromatic amines is 2. The number of esters is 2. The summed E-state index contributed by atoms with van der Waals surface area (Å²) in [6, 6.07) is 30.7. The summed E-state index contributed by atoms with van der Waals surface area (Å²) in [6.07, 6.45) is 11.8. The zero-order valence-electron chi connectivity index (χ0n) is 86.7. The number of nitrogens with one attached hydrogen (secondary N) is 4. The second kappa shape index (κ2) is 51.4. The number of nitrogens with zero attached hydrogens (tertiary/aromatic N) is 13. The molecule has 4 N–H and O–H groups in total. The van der Waals surface area contributed by atoms with Crippen LogP contribution in [0.15, 0.2) is 122 Å². The molecule has 0 spiro atoms. The molecule has 0 unspecified atom stereocenters. The first-order valence-electron chi connectivity index (χ1n) is 48.8. The van der Waals surface area contributed by atoms with Crippen LogP contribution in [0, 0.1) is 59.2 Å². The number of H-pyrrole nitrogens is 2. The van der Waals surface area contributed by atoms with Gasteiger partial charge in [0, 0.05) is 142 Å². The maximum Gasteiger partial charge on any atom is 0.407 e. The molecule has 4 aliphatic rings. The van der Waals surface area contributed by atoms with Crippen LogP contribution in [-0.2, 0) is 90.1 Å². The lowest BCUT2D eigenvalue weighted by atomic mass is 9.89. The van der Waals surface area contributed by atoms with Crippen LogP contribution < -0.4 is 10.6 Å². The van der Waals surface area contributed by atoms with Gasteiger partial charge in [-0.1, -0.05) is 167 Å². The summed E-state index contributed by atoms with van der Waals surface area (Å²) in [5, 5.41) is 5.43. The molecule has 0 radical (unpaired) electrons. The molecule has 776 valence electrons. The maximum atomic E-state index is 14.2. The van der Waals surface area contributed by atoms with E-state index in [1.54, 1.807) is 22.2 Å². The SMILES string of the molecule is CN(C)S(=O)(=O)Cl.COC(=O)C[C@H](C(=O)N1CCCC[C@H]1c1nc(-c2ccc(C#Cc3ccc(-c4cnc([C@@H]5CCCN5C(=O)[C@@H](NC(=O)OC)C(C)C)n4COCC[Si](C)(C)C)cc3)cc2)cn1COCC[Si](C)(C)C)C(C)C.COC(=O)C[C@H](C(=O)N1CCN(S(=O)(=O)N(C)C)C[C@H]1c1ncc(-c2ccc(C#Cc3ccc(-c4cnc([C@@H]5CCCN5C(=O)[C@@H](NC(=O)OC)C(C)C)[nH]4)cc3)cc2)[nH]1)C(C)C. The van der Waals surface area contributed by atoms with Crippen LogP contribution in [0.2, 0.25) is 51.4 Å². The van der Waals surface area contributed by atoms with Gasteiger partial charge in [0.25, 0.3) is 19.4 Å².